The third kappa shape index (κ3) is 2.25. The van der Waals surface area contributed by atoms with Gasteiger partial charge in [-0.3, -0.25) is 0 Å². The summed E-state index contributed by atoms with van der Waals surface area (Å²) in [6.07, 6.45) is 2.58. The molecule has 0 aliphatic carbocycles. The lowest BCUT2D eigenvalue weighted by Crippen LogP contribution is -2.02. The molecule has 1 heterocycles. The second-order valence-electron chi connectivity index (χ2n) is 3.36. The number of nitrogens with zero attached hydrogens (tertiary/aromatic N) is 2. The summed E-state index contributed by atoms with van der Waals surface area (Å²) in [6, 6.07) is 10.6. The van der Waals surface area contributed by atoms with Crippen LogP contribution in [0.5, 0.6) is 0 Å². The highest BCUT2D eigenvalue weighted by Crippen LogP contribution is 2.15. The fraction of sp³-hybridized carbons (Fsp3) is 0.0909. The molecule has 0 unspecified atom stereocenters. The molecule has 5 heteroatoms. The van der Waals surface area contributed by atoms with Crippen molar-refractivity contribution >= 4 is 9.84 Å². The maximum absolute atomic E-state index is 11.3. The van der Waals surface area contributed by atoms with Crippen LogP contribution in [0.15, 0.2) is 47.6 Å². The van der Waals surface area contributed by atoms with Gasteiger partial charge in [0.05, 0.1) is 0 Å². The van der Waals surface area contributed by atoms with E-state index >= 15 is 0 Å². The Bertz CT molecular complexity index is 594. The van der Waals surface area contributed by atoms with Crippen LogP contribution in [0.25, 0.3) is 11.4 Å². The number of aromatic nitrogens is 2. The van der Waals surface area contributed by atoms with Crippen molar-refractivity contribution in [2.75, 3.05) is 6.26 Å². The Morgan fingerprint density at radius 2 is 1.75 bits per heavy atom. The largest absolute Gasteiger partial charge is 0.236 e. The van der Waals surface area contributed by atoms with Gasteiger partial charge in [0.1, 0.15) is 0 Å². The summed E-state index contributed by atoms with van der Waals surface area (Å²) < 4.78 is 22.7. The van der Waals surface area contributed by atoms with Crippen molar-refractivity contribution in [1.29, 1.82) is 0 Å². The van der Waals surface area contributed by atoms with Gasteiger partial charge in [-0.25, -0.2) is 18.4 Å². The molecular weight excluding hydrogens is 224 g/mol. The first-order chi connectivity index (χ1) is 7.57. The zero-order chi connectivity index (χ0) is 11.6. The molecule has 82 valence electrons. The van der Waals surface area contributed by atoms with Crippen LogP contribution in [0.2, 0.25) is 0 Å². The van der Waals surface area contributed by atoms with Crippen LogP contribution in [0.3, 0.4) is 0 Å². The summed E-state index contributed by atoms with van der Waals surface area (Å²) >= 11 is 0. The van der Waals surface area contributed by atoms with Crippen LogP contribution >= 0.6 is 0 Å². The first-order valence-corrected chi connectivity index (χ1v) is 6.55. The van der Waals surface area contributed by atoms with E-state index in [0.717, 1.165) is 11.8 Å². The minimum Gasteiger partial charge on any atom is -0.236 e. The standard InChI is InChI=1S/C11H10N2O2S/c1-16(14,15)10-7-8-12-11(13-10)9-5-3-2-4-6-9/h2-8H,1H3. The van der Waals surface area contributed by atoms with Crippen molar-refractivity contribution in [3.05, 3.63) is 42.6 Å². The van der Waals surface area contributed by atoms with Crippen LogP contribution in [-0.2, 0) is 9.84 Å². The van der Waals surface area contributed by atoms with E-state index in [9.17, 15) is 8.42 Å². The third-order valence-corrected chi connectivity index (χ3v) is 3.03. The van der Waals surface area contributed by atoms with Crippen molar-refractivity contribution in [2.45, 2.75) is 5.03 Å². The molecule has 0 atom stereocenters. The Labute approximate surface area is 93.9 Å². The fourth-order valence-corrected chi connectivity index (χ4v) is 1.84. The molecule has 0 saturated carbocycles. The lowest BCUT2D eigenvalue weighted by atomic mass is 10.2. The first-order valence-electron chi connectivity index (χ1n) is 4.66. The molecule has 0 radical (unpaired) electrons. The predicted octanol–water partition coefficient (Wildman–Crippen LogP) is 1.55. The highest BCUT2D eigenvalue weighted by atomic mass is 32.2. The Hall–Kier alpha value is -1.75. The molecule has 0 spiro atoms. The Morgan fingerprint density at radius 3 is 2.38 bits per heavy atom. The van der Waals surface area contributed by atoms with Crippen LogP contribution in [0, 0.1) is 0 Å². The predicted molar refractivity (Wildman–Crippen MR) is 60.6 cm³/mol. The van der Waals surface area contributed by atoms with Crippen molar-refractivity contribution < 1.29 is 8.42 Å². The highest BCUT2D eigenvalue weighted by molar-refractivity contribution is 7.90. The number of rotatable bonds is 2. The molecule has 0 aliphatic rings. The molecule has 0 aliphatic heterocycles. The molecule has 2 rings (SSSR count). The summed E-state index contributed by atoms with van der Waals surface area (Å²) in [5.74, 6) is 0.420. The number of hydrogen-bond donors (Lipinski definition) is 0. The summed E-state index contributed by atoms with van der Waals surface area (Å²) in [5.41, 5.74) is 0.799. The number of benzene rings is 1. The van der Waals surface area contributed by atoms with Crippen LogP contribution in [-0.4, -0.2) is 24.6 Å². The zero-order valence-corrected chi connectivity index (χ0v) is 9.48. The normalized spacial score (nSPS) is 11.3. The average molecular weight is 234 g/mol. The monoisotopic (exact) mass is 234 g/mol. The lowest BCUT2D eigenvalue weighted by Gasteiger charge is -2.01. The van der Waals surface area contributed by atoms with Gasteiger partial charge in [-0.1, -0.05) is 30.3 Å². The minimum absolute atomic E-state index is 0.0429. The SMILES string of the molecule is CS(=O)(=O)c1ccnc(-c2ccccc2)n1. The Morgan fingerprint density at radius 1 is 1.06 bits per heavy atom. The van der Waals surface area contributed by atoms with Crippen LogP contribution in [0.1, 0.15) is 0 Å². The Kier molecular flexibility index (Phi) is 2.70. The van der Waals surface area contributed by atoms with E-state index < -0.39 is 9.84 Å². The van der Waals surface area contributed by atoms with Gasteiger partial charge in [0.2, 0.25) is 0 Å². The van der Waals surface area contributed by atoms with E-state index in [1.165, 1.54) is 12.3 Å². The average Bonchev–Trinajstić information content (AvgIpc) is 2.29. The smallest absolute Gasteiger partial charge is 0.192 e. The maximum Gasteiger partial charge on any atom is 0.192 e. The topological polar surface area (TPSA) is 59.9 Å². The Balaban J connectivity index is 2.53. The zero-order valence-electron chi connectivity index (χ0n) is 8.66. The molecule has 1 aromatic heterocycles. The van der Waals surface area contributed by atoms with E-state index in [4.69, 9.17) is 0 Å². The van der Waals surface area contributed by atoms with Crippen molar-refractivity contribution in [2.24, 2.45) is 0 Å². The van der Waals surface area contributed by atoms with Crippen LogP contribution < -0.4 is 0 Å². The van der Waals surface area contributed by atoms with Gasteiger partial charge >= 0.3 is 0 Å². The van der Waals surface area contributed by atoms with Crippen LogP contribution in [0.4, 0.5) is 0 Å². The molecule has 0 amide bonds. The molecule has 16 heavy (non-hydrogen) atoms. The van der Waals surface area contributed by atoms with Crippen molar-refractivity contribution in [3.63, 3.8) is 0 Å². The van der Waals surface area contributed by atoms with E-state index in [1.807, 2.05) is 30.3 Å². The summed E-state index contributed by atoms with van der Waals surface area (Å²) in [5, 5.41) is 0.0429. The maximum atomic E-state index is 11.3. The number of sulfone groups is 1. The summed E-state index contributed by atoms with van der Waals surface area (Å²) in [7, 11) is -3.28. The summed E-state index contributed by atoms with van der Waals surface area (Å²) in [6.45, 7) is 0. The number of hydrogen-bond acceptors (Lipinski definition) is 4. The highest BCUT2D eigenvalue weighted by Gasteiger charge is 2.10. The van der Waals surface area contributed by atoms with Gasteiger partial charge in [0, 0.05) is 18.0 Å². The molecular formula is C11H10N2O2S. The molecule has 0 saturated heterocycles. The van der Waals surface area contributed by atoms with Gasteiger partial charge in [-0.15, -0.1) is 0 Å². The van der Waals surface area contributed by atoms with E-state index in [1.54, 1.807) is 0 Å². The molecule has 1 aromatic carbocycles. The van der Waals surface area contributed by atoms with Gasteiger partial charge in [-0.05, 0) is 6.07 Å². The van der Waals surface area contributed by atoms with Gasteiger partial charge < -0.3 is 0 Å². The molecule has 2 aromatic rings. The van der Waals surface area contributed by atoms with E-state index in [2.05, 4.69) is 9.97 Å². The van der Waals surface area contributed by atoms with E-state index in [-0.39, 0.29) is 5.03 Å². The molecule has 0 N–H and O–H groups in total. The summed E-state index contributed by atoms with van der Waals surface area (Å²) in [4.78, 5) is 8.06. The fourth-order valence-electron chi connectivity index (χ4n) is 1.27. The minimum atomic E-state index is -3.28. The van der Waals surface area contributed by atoms with Crippen molar-refractivity contribution in [1.82, 2.24) is 9.97 Å². The molecule has 4 nitrogen and oxygen atoms in total. The first kappa shape index (κ1) is 10.8. The third-order valence-electron chi connectivity index (χ3n) is 2.04. The van der Waals surface area contributed by atoms with Gasteiger partial charge in [0.15, 0.2) is 20.7 Å². The molecule has 0 bridgehead atoms. The molecule has 0 fully saturated rings. The quantitative estimate of drug-likeness (QED) is 0.740. The van der Waals surface area contributed by atoms with E-state index in [0.29, 0.717) is 5.82 Å². The van der Waals surface area contributed by atoms with Gasteiger partial charge in [0.25, 0.3) is 0 Å². The lowest BCUT2D eigenvalue weighted by molar-refractivity contribution is 0.598. The van der Waals surface area contributed by atoms with Gasteiger partial charge in [-0.2, -0.15) is 0 Å². The second-order valence-corrected chi connectivity index (χ2v) is 5.32. The second kappa shape index (κ2) is 4.02. The van der Waals surface area contributed by atoms with Crippen molar-refractivity contribution in [3.8, 4) is 11.4 Å².